The molecule has 1 aliphatic heterocycles. The number of nitrogens with zero attached hydrogens (tertiary/aromatic N) is 7. The van der Waals surface area contributed by atoms with Crippen molar-refractivity contribution >= 4 is 29.0 Å². The molecular formula is C25H31N9O2. The number of primary amides is 1. The maximum absolute atomic E-state index is 11.1. The van der Waals surface area contributed by atoms with E-state index in [0.717, 1.165) is 28.0 Å². The Morgan fingerprint density at radius 3 is 2.67 bits per heavy atom. The molecule has 4 aromatic rings. The maximum atomic E-state index is 11.1. The highest BCUT2D eigenvalue weighted by Crippen LogP contribution is 2.28. The van der Waals surface area contributed by atoms with Crippen molar-refractivity contribution in [1.82, 2.24) is 29.3 Å². The van der Waals surface area contributed by atoms with Gasteiger partial charge in [0.2, 0.25) is 5.95 Å². The summed E-state index contributed by atoms with van der Waals surface area (Å²) in [5, 5.41) is 7.84. The minimum absolute atomic E-state index is 0.176. The molecule has 3 aromatic heterocycles. The van der Waals surface area contributed by atoms with Crippen LogP contribution in [0.3, 0.4) is 0 Å². The van der Waals surface area contributed by atoms with Gasteiger partial charge in [0.15, 0.2) is 17.0 Å². The molecule has 36 heavy (non-hydrogen) atoms. The number of fused-ring (bicyclic) bond motifs is 1. The summed E-state index contributed by atoms with van der Waals surface area (Å²) in [6.45, 7) is 6.11. The quantitative estimate of drug-likeness (QED) is 0.404. The maximum Gasteiger partial charge on any atom is 0.404 e. The second-order valence-corrected chi connectivity index (χ2v) is 9.26. The summed E-state index contributed by atoms with van der Waals surface area (Å²) in [6.07, 6.45) is 4.06. The van der Waals surface area contributed by atoms with Gasteiger partial charge in [0.1, 0.15) is 6.10 Å². The summed E-state index contributed by atoms with van der Waals surface area (Å²) < 4.78 is 9.11. The van der Waals surface area contributed by atoms with Crippen LogP contribution in [0, 0.1) is 0 Å². The molecule has 0 atom stereocenters. The van der Waals surface area contributed by atoms with Crippen molar-refractivity contribution in [1.29, 1.82) is 0 Å². The zero-order valence-corrected chi connectivity index (χ0v) is 20.8. The highest BCUT2D eigenvalue weighted by atomic mass is 16.6. The number of aromatic nitrogens is 6. The van der Waals surface area contributed by atoms with Gasteiger partial charge in [0.05, 0.1) is 12.0 Å². The van der Waals surface area contributed by atoms with E-state index in [1.165, 1.54) is 0 Å². The van der Waals surface area contributed by atoms with Gasteiger partial charge < -0.3 is 25.3 Å². The molecular weight excluding hydrogens is 458 g/mol. The molecule has 0 spiro atoms. The molecule has 4 heterocycles. The number of nitrogens with two attached hydrogens (primary N) is 1. The van der Waals surface area contributed by atoms with E-state index in [2.05, 4.69) is 50.8 Å². The van der Waals surface area contributed by atoms with Gasteiger partial charge in [-0.05, 0) is 25.5 Å². The van der Waals surface area contributed by atoms with E-state index in [9.17, 15) is 4.79 Å². The molecule has 5 rings (SSSR count). The van der Waals surface area contributed by atoms with Crippen LogP contribution in [0.15, 0.2) is 42.9 Å². The van der Waals surface area contributed by atoms with E-state index < -0.39 is 6.09 Å². The summed E-state index contributed by atoms with van der Waals surface area (Å²) >= 11 is 0. The summed E-state index contributed by atoms with van der Waals surface area (Å²) in [7, 11) is 1.94. The number of piperidine rings is 1. The Morgan fingerprint density at radius 1 is 1.19 bits per heavy atom. The number of benzene rings is 1. The van der Waals surface area contributed by atoms with Crippen molar-refractivity contribution < 1.29 is 9.53 Å². The molecule has 0 bridgehead atoms. The molecule has 0 aliphatic carbocycles. The first-order valence-corrected chi connectivity index (χ1v) is 12.2. The van der Waals surface area contributed by atoms with Crippen molar-refractivity contribution in [3.05, 3.63) is 48.4 Å². The standard InChI is InChI=1S/C25H31N9O2/c1-16(2)34-15-28-21-22(27-14-17-6-4-5-7-19(17)20-8-11-29-32(20)3)30-25(31-23(21)34)33-12-9-18(10-13-33)36-24(26)35/h4-8,11,15-16,18H,9-10,12-14H2,1-3H3,(H2,26,35)(H,27,30,31). The van der Waals surface area contributed by atoms with Crippen LogP contribution in [0.2, 0.25) is 0 Å². The Kier molecular flexibility index (Phi) is 6.45. The van der Waals surface area contributed by atoms with Crippen LogP contribution in [-0.4, -0.2) is 54.6 Å². The predicted octanol–water partition coefficient (Wildman–Crippen LogP) is 3.48. The number of amides is 1. The van der Waals surface area contributed by atoms with Gasteiger partial charge in [-0.1, -0.05) is 24.3 Å². The fraction of sp³-hybridized carbons (Fsp3) is 0.400. The van der Waals surface area contributed by atoms with Crippen LogP contribution in [0.4, 0.5) is 16.6 Å². The van der Waals surface area contributed by atoms with Crippen LogP contribution in [0.1, 0.15) is 38.3 Å². The molecule has 1 amide bonds. The monoisotopic (exact) mass is 489 g/mol. The summed E-state index contributed by atoms with van der Waals surface area (Å²) in [6, 6.07) is 10.5. The third-order valence-corrected chi connectivity index (χ3v) is 6.53. The van der Waals surface area contributed by atoms with Gasteiger partial charge in [-0.3, -0.25) is 4.68 Å². The molecule has 11 heteroatoms. The van der Waals surface area contributed by atoms with Gasteiger partial charge >= 0.3 is 6.09 Å². The first kappa shape index (κ1) is 23.6. The smallest absolute Gasteiger partial charge is 0.404 e. The zero-order chi connectivity index (χ0) is 25.2. The molecule has 0 unspecified atom stereocenters. The highest BCUT2D eigenvalue weighted by Gasteiger charge is 2.25. The van der Waals surface area contributed by atoms with Crippen molar-refractivity contribution in [3.63, 3.8) is 0 Å². The van der Waals surface area contributed by atoms with Gasteiger partial charge in [0, 0.05) is 57.3 Å². The second kappa shape index (κ2) is 9.84. The van der Waals surface area contributed by atoms with E-state index in [4.69, 9.17) is 20.4 Å². The molecule has 1 aliphatic rings. The lowest BCUT2D eigenvalue weighted by Crippen LogP contribution is -2.39. The van der Waals surface area contributed by atoms with Crippen LogP contribution >= 0.6 is 0 Å². The number of hydrogen-bond acceptors (Lipinski definition) is 8. The first-order valence-electron chi connectivity index (χ1n) is 12.2. The Labute approximate surface area is 209 Å². The van der Waals surface area contributed by atoms with E-state index in [-0.39, 0.29) is 12.1 Å². The van der Waals surface area contributed by atoms with E-state index in [1.54, 1.807) is 6.20 Å². The fourth-order valence-electron chi connectivity index (χ4n) is 4.63. The van der Waals surface area contributed by atoms with Crippen LogP contribution in [0.25, 0.3) is 22.4 Å². The largest absolute Gasteiger partial charge is 0.446 e. The number of hydrogen-bond donors (Lipinski definition) is 2. The Hall–Kier alpha value is -4.15. The van der Waals surface area contributed by atoms with Crippen molar-refractivity contribution in [3.8, 4) is 11.3 Å². The molecule has 1 fully saturated rings. The Bertz CT molecular complexity index is 1370. The Balaban J connectivity index is 1.45. The average molecular weight is 490 g/mol. The van der Waals surface area contributed by atoms with E-state index in [1.807, 2.05) is 36.3 Å². The minimum Gasteiger partial charge on any atom is -0.446 e. The molecule has 1 aromatic carbocycles. The van der Waals surface area contributed by atoms with Gasteiger partial charge in [0.25, 0.3) is 0 Å². The van der Waals surface area contributed by atoms with Crippen LogP contribution < -0.4 is 16.0 Å². The number of rotatable bonds is 7. The first-order chi connectivity index (χ1) is 17.4. The highest BCUT2D eigenvalue weighted by molar-refractivity contribution is 5.84. The summed E-state index contributed by atoms with van der Waals surface area (Å²) in [5.41, 5.74) is 10.00. The summed E-state index contributed by atoms with van der Waals surface area (Å²) in [4.78, 5) is 27.7. The number of carbonyl (C=O) groups is 1. The zero-order valence-electron chi connectivity index (χ0n) is 20.8. The number of carbonyl (C=O) groups excluding carboxylic acids is 1. The van der Waals surface area contributed by atoms with Crippen molar-refractivity contribution in [2.45, 2.75) is 45.4 Å². The number of imidazole rings is 1. The fourth-order valence-corrected chi connectivity index (χ4v) is 4.63. The predicted molar refractivity (Wildman–Crippen MR) is 138 cm³/mol. The lowest BCUT2D eigenvalue weighted by atomic mass is 10.0. The second-order valence-electron chi connectivity index (χ2n) is 9.26. The number of anilines is 2. The topological polar surface area (TPSA) is 129 Å². The molecule has 11 nitrogen and oxygen atoms in total. The van der Waals surface area contributed by atoms with Crippen molar-refractivity contribution in [2.75, 3.05) is 23.3 Å². The number of ether oxygens (including phenoxy) is 1. The molecule has 1 saturated heterocycles. The van der Waals surface area contributed by atoms with E-state index in [0.29, 0.717) is 44.2 Å². The third-order valence-electron chi connectivity index (χ3n) is 6.53. The van der Waals surface area contributed by atoms with Gasteiger partial charge in [-0.15, -0.1) is 0 Å². The molecule has 0 saturated carbocycles. The number of aryl methyl sites for hydroxylation is 1. The van der Waals surface area contributed by atoms with Gasteiger partial charge in [-0.2, -0.15) is 15.1 Å². The molecule has 188 valence electrons. The number of nitrogens with one attached hydrogen (secondary N) is 1. The normalized spacial score (nSPS) is 14.5. The van der Waals surface area contributed by atoms with Crippen LogP contribution in [-0.2, 0) is 18.3 Å². The van der Waals surface area contributed by atoms with Gasteiger partial charge in [-0.25, -0.2) is 9.78 Å². The van der Waals surface area contributed by atoms with Crippen molar-refractivity contribution in [2.24, 2.45) is 12.8 Å². The average Bonchev–Trinajstić information content (AvgIpc) is 3.49. The minimum atomic E-state index is -0.732. The summed E-state index contributed by atoms with van der Waals surface area (Å²) in [5.74, 6) is 1.31. The SMILES string of the molecule is CC(C)n1cnc2c(NCc3ccccc3-c3ccnn3C)nc(N3CCC(OC(N)=O)CC3)nc21. The lowest BCUT2D eigenvalue weighted by Gasteiger charge is -2.31. The van der Waals surface area contributed by atoms with E-state index >= 15 is 0 Å². The third kappa shape index (κ3) is 4.68. The molecule has 3 N–H and O–H groups in total. The lowest BCUT2D eigenvalue weighted by molar-refractivity contribution is 0.0911. The van der Waals surface area contributed by atoms with Crippen LogP contribution in [0.5, 0.6) is 0 Å². The molecule has 0 radical (unpaired) electrons. The Morgan fingerprint density at radius 2 is 1.97 bits per heavy atom.